The molecule has 9 atom stereocenters. The molecule has 0 amide bonds. The number of carbonyl (C=O) groups excluding carboxylic acids is 1. The molecule has 1 heterocycles. The van der Waals surface area contributed by atoms with E-state index in [9.17, 15) is 10.0 Å². The lowest BCUT2D eigenvalue weighted by Gasteiger charge is -2.55. The third-order valence-corrected chi connectivity index (χ3v) is 9.29. The summed E-state index contributed by atoms with van der Waals surface area (Å²) in [7, 11) is 0. The van der Waals surface area contributed by atoms with E-state index in [1.807, 2.05) is 0 Å². The molecule has 4 saturated carbocycles. The molecule has 0 aromatic rings. The summed E-state index contributed by atoms with van der Waals surface area (Å²) < 4.78 is 5.81. The van der Waals surface area contributed by atoms with Crippen molar-refractivity contribution in [3.05, 3.63) is 11.6 Å². The summed E-state index contributed by atoms with van der Waals surface area (Å²) in [6.07, 6.45) is 12.5. The maximum Gasteiger partial charge on any atom is 0.306 e. The Hall–Kier alpha value is -1.32. The van der Waals surface area contributed by atoms with E-state index >= 15 is 0 Å². The van der Waals surface area contributed by atoms with Crippen LogP contribution >= 0.6 is 0 Å². The zero-order valence-corrected chi connectivity index (χ0v) is 16.3. The predicted molar refractivity (Wildman–Crippen MR) is 101 cm³/mol. The van der Waals surface area contributed by atoms with Crippen LogP contribution in [0.3, 0.4) is 0 Å². The number of oxime groups is 1. The second-order valence-electron chi connectivity index (χ2n) is 10.6. The molecule has 1 saturated heterocycles. The minimum absolute atomic E-state index is 0.0440. The minimum atomic E-state index is 0.0440. The summed E-state index contributed by atoms with van der Waals surface area (Å²) in [5, 5.41) is 12.8. The lowest BCUT2D eigenvalue weighted by atomic mass is 9.49. The van der Waals surface area contributed by atoms with Crippen molar-refractivity contribution in [2.24, 2.45) is 52.0 Å². The molecule has 1 aliphatic heterocycles. The molecule has 0 aromatic heterocycles. The van der Waals surface area contributed by atoms with E-state index in [-0.39, 0.29) is 12.1 Å². The van der Waals surface area contributed by atoms with E-state index in [1.165, 1.54) is 32.1 Å². The highest BCUT2D eigenvalue weighted by atomic mass is 16.5. The zero-order valence-electron chi connectivity index (χ0n) is 16.3. The summed E-state index contributed by atoms with van der Waals surface area (Å²) in [6.45, 7) is 2.54. The average molecular weight is 370 g/mol. The number of rotatable bonds is 0. The Kier molecular flexibility index (Phi) is 3.45. The second kappa shape index (κ2) is 5.61. The fourth-order valence-corrected chi connectivity index (χ4v) is 8.09. The topological polar surface area (TPSA) is 58.9 Å². The van der Waals surface area contributed by atoms with E-state index < -0.39 is 0 Å². The van der Waals surface area contributed by atoms with Crippen LogP contribution in [-0.2, 0) is 9.53 Å². The lowest BCUT2D eigenvalue weighted by molar-refractivity contribution is -0.145. The Morgan fingerprint density at radius 2 is 2.00 bits per heavy atom. The van der Waals surface area contributed by atoms with E-state index in [1.54, 1.807) is 5.57 Å². The van der Waals surface area contributed by atoms with Gasteiger partial charge >= 0.3 is 5.97 Å². The molecule has 5 aliphatic carbocycles. The highest BCUT2D eigenvalue weighted by molar-refractivity contribution is 5.96. The van der Waals surface area contributed by atoms with Crippen molar-refractivity contribution in [1.29, 1.82) is 0 Å². The van der Waals surface area contributed by atoms with Crippen LogP contribution in [0.5, 0.6) is 0 Å². The SMILES string of the molecule is CC12CCCC(=O)O[C@@H]3C[C@@H]3C1C1C(CC2)C2CC/C(=N\O)C=C2C2CC21. The first-order valence-electron chi connectivity index (χ1n) is 11.2. The van der Waals surface area contributed by atoms with Gasteiger partial charge in [-0.3, -0.25) is 4.79 Å². The first kappa shape index (κ1) is 16.6. The first-order valence-corrected chi connectivity index (χ1v) is 11.2. The molecule has 27 heavy (non-hydrogen) atoms. The molecular weight excluding hydrogens is 338 g/mol. The summed E-state index contributed by atoms with van der Waals surface area (Å²) in [5.41, 5.74) is 2.91. The van der Waals surface area contributed by atoms with E-state index in [0.717, 1.165) is 54.6 Å². The molecule has 4 heteroatoms. The molecule has 5 fully saturated rings. The van der Waals surface area contributed by atoms with Gasteiger partial charge in [0.25, 0.3) is 0 Å². The minimum Gasteiger partial charge on any atom is -0.462 e. The zero-order chi connectivity index (χ0) is 18.3. The van der Waals surface area contributed by atoms with Gasteiger partial charge in [-0.2, -0.15) is 0 Å². The van der Waals surface area contributed by atoms with Gasteiger partial charge in [0, 0.05) is 12.3 Å². The fourth-order valence-electron chi connectivity index (χ4n) is 8.09. The second-order valence-corrected chi connectivity index (χ2v) is 10.6. The van der Waals surface area contributed by atoms with Crippen molar-refractivity contribution < 1.29 is 14.7 Å². The Morgan fingerprint density at radius 3 is 2.85 bits per heavy atom. The highest BCUT2D eigenvalue weighted by Gasteiger charge is 2.66. The quantitative estimate of drug-likeness (QED) is 0.387. The Balaban J connectivity index is 1.36. The van der Waals surface area contributed by atoms with Crippen molar-refractivity contribution in [3.63, 3.8) is 0 Å². The molecular formula is C23H31NO3. The Bertz CT molecular complexity index is 742. The summed E-state index contributed by atoms with van der Waals surface area (Å²) in [5.74, 6) is 5.32. The van der Waals surface area contributed by atoms with Crippen molar-refractivity contribution in [2.75, 3.05) is 0 Å². The third kappa shape index (κ3) is 2.40. The van der Waals surface area contributed by atoms with Gasteiger partial charge in [0.1, 0.15) is 6.10 Å². The summed E-state index contributed by atoms with van der Waals surface area (Å²) in [6, 6.07) is 0. The van der Waals surface area contributed by atoms with Gasteiger partial charge in [0.2, 0.25) is 0 Å². The lowest BCUT2D eigenvalue weighted by Crippen LogP contribution is -2.49. The van der Waals surface area contributed by atoms with Crippen molar-refractivity contribution in [1.82, 2.24) is 0 Å². The number of hydrogen-bond acceptors (Lipinski definition) is 4. The van der Waals surface area contributed by atoms with Gasteiger partial charge in [0.05, 0.1) is 5.71 Å². The van der Waals surface area contributed by atoms with E-state index in [0.29, 0.717) is 23.7 Å². The largest absolute Gasteiger partial charge is 0.462 e. The Morgan fingerprint density at radius 1 is 1.11 bits per heavy atom. The maximum atomic E-state index is 12.1. The van der Waals surface area contributed by atoms with Crippen LogP contribution in [0.2, 0.25) is 0 Å². The van der Waals surface area contributed by atoms with Crippen LogP contribution in [0.1, 0.15) is 64.7 Å². The van der Waals surface area contributed by atoms with Crippen molar-refractivity contribution in [3.8, 4) is 0 Å². The Labute approximate surface area is 161 Å². The van der Waals surface area contributed by atoms with E-state index in [2.05, 4.69) is 18.2 Å². The van der Waals surface area contributed by atoms with Gasteiger partial charge < -0.3 is 9.94 Å². The van der Waals surface area contributed by atoms with E-state index in [4.69, 9.17) is 4.74 Å². The number of allylic oxidation sites excluding steroid dienone is 2. The van der Waals surface area contributed by atoms with Crippen LogP contribution in [0.4, 0.5) is 0 Å². The van der Waals surface area contributed by atoms with Gasteiger partial charge in [-0.25, -0.2) is 0 Å². The number of hydrogen-bond donors (Lipinski definition) is 1. The van der Waals surface area contributed by atoms with Crippen LogP contribution in [0.15, 0.2) is 16.8 Å². The maximum absolute atomic E-state index is 12.1. The van der Waals surface area contributed by atoms with Crippen LogP contribution in [0, 0.1) is 46.8 Å². The van der Waals surface area contributed by atoms with Crippen molar-refractivity contribution >= 4 is 11.7 Å². The monoisotopic (exact) mass is 369 g/mol. The molecule has 4 nitrogen and oxygen atoms in total. The predicted octanol–water partition coefficient (Wildman–Crippen LogP) is 4.57. The molecule has 7 unspecified atom stereocenters. The van der Waals surface area contributed by atoms with Crippen LogP contribution in [0.25, 0.3) is 0 Å². The average Bonchev–Trinajstić information content (AvgIpc) is 3.56. The number of esters is 1. The summed E-state index contributed by atoms with van der Waals surface area (Å²) in [4.78, 5) is 12.1. The molecule has 0 spiro atoms. The fraction of sp³-hybridized carbons (Fsp3) is 0.826. The number of fused-ring (bicyclic) bond motifs is 10. The van der Waals surface area contributed by atoms with Gasteiger partial charge in [-0.15, -0.1) is 0 Å². The summed E-state index contributed by atoms with van der Waals surface area (Å²) >= 11 is 0. The third-order valence-electron chi connectivity index (χ3n) is 9.29. The molecule has 0 aromatic carbocycles. The molecule has 146 valence electrons. The van der Waals surface area contributed by atoms with Gasteiger partial charge in [-0.05, 0) is 98.4 Å². The standard InChI is InChI=1S/C23H31NO3/c1-23-7-2-3-20(25)27-19-11-18(19)22(23)21-14(6-8-23)13-5-4-12(24-26)9-15(13)16-10-17(16)21/h9,13-14,16-19,21-22,26H,2-8,10-11H2,1H3/b24-12+/t13?,14?,16?,17?,18-,19+,21?,22?,23?/m0/s1. The van der Waals surface area contributed by atoms with Crippen LogP contribution in [-0.4, -0.2) is 23.0 Å². The molecule has 0 radical (unpaired) electrons. The molecule has 1 N–H and O–H groups in total. The number of nitrogens with zero attached hydrogens (tertiary/aromatic N) is 1. The molecule has 6 aliphatic rings. The number of carbonyl (C=O) groups is 1. The van der Waals surface area contributed by atoms with Gasteiger partial charge in [0.15, 0.2) is 0 Å². The molecule has 6 rings (SSSR count). The highest BCUT2D eigenvalue weighted by Crippen LogP contribution is 2.71. The van der Waals surface area contributed by atoms with Crippen molar-refractivity contribution in [2.45, 2.75) is 70.8 Å². The molecule has 0 bridgehead atoms. The first-order chi connectivity index (χ1) is 13.1. The number of ether oxygens (including phenoxy) is 1. The normalized spacial score (nSPS) is 54.5. The van der Waals surface area contributed by atoms with Crippen LogP contribution < -0.4 is 0 Å². The smallest absolute Gasteiger partial charge is 0.306 e. The van der Waals surface area contributed by atoms with Gasteiger partial charge in [-0.1, -0.05) is 17.7 Å².